The number of hydrogen-bond donors (Lipinski definition) is 1. The van der Waals surface area contributed by atoms with Gasteiger partial charge in [0.25, 0.3) is 0 Å². The highest BCUT2D eigenvalue weighted by Gasteiger charge is 2.27. The Morgan fingerprint density at radius 1 is 1.06 bits per heavy atom. The topological polar surface area (TPSA) is 57.2 Å². The first kappa shape index (κ1) is 20.9. The van der Waals surface area contributed by atoms with Crippen molar-refractivity contribution in [2.45, 2.75) is 38.5 Å². The summed E-state index contributed by atoms with van der Waals surface area (Å²) in [6.45, 7) is 4.66. The van der Waals surface area contributed by atoms with Crippen LogP contribution in [0.15, 0.2) is 41.8 Å². The number of fused-ring (bicyclic) bond motifs is 2. The third kappa shape index (κ3) is 3.97. The van der Waals surface area contributed by atoms with Gasteiger partial charge < -0.3 is 4.90 Å². The van der Waals surface area contributed by atoms with E-state index >= 15 is 0 Å². The molecule has 1 saturated carbocycles. The molecule has 2 fully saturated rings. The van der Waals surface area contributed by atoms with E-state index in [0.717, 1.165) is 64.6 Å². The maximum Gasteiger partial charge on any atom is 0.329 e. The first-order valence-electron chi connectivity index (χ1n) is 12.3. The van der Waals surface area contributed by atoms with E-state index in [4.69, 9.17) is 0 Å². The predicted molar refractivity (Wildman–Crippen MR) is 135 cm³/mol. The van der Waals surface area contributed by atoms with Crippen LogP contribution in [0.1, 0.15) is 38.5 Å². The van der Waals surface area contributed by atoms with Crippen LogP contribution in [-0.4, -0.2) is 63.3 Å². The Morgan fingerprint density at radius 2 is 1.88 bits per heavy atom. The summed E-state index contributed by atoms with van der Waals surface area (Å²) in [6.07, 6.45) is 8.38. The number of carbonyl (C=O) groups excluding carboxylic acids is 1. The Balaban J connectivity index is 1.21. The molecule has 3 aromatic heterocycles. The van der Waals surface area contributed by atoms with Gasteiger partial charge in [0, 0.05) is 31.6 Å². The zero-order valence-electron chi connectivity index (χ0n) is 19.0. The first-order chi connectivity index (χ1) is 16.3. The van der Waals surface area contributed by atoms with Crippen LogP contribution in [0.25, 0.3) is 32.5 Å². The number of piperazine rings is 1. The largest absolute Gasteiger partial charge is 0.329 e. The number of nitrogens with one attached hydrogen (secondary N) is 1. The number of para-hydroxylation sites is 1. The summed E-state index contributed by atoms with van der Waals surface area (Å²) in [7, 11) is 0. The van der Waals surface area contributed by atoms with Gasteiger partial charge in [0.2, 0.25) is 0 Å². The summed E-state index contributed by atoms with van der Waals surface area (Å²) in [4.78, 5) is 18.4. The summed E-state index contributed by atoms with van der Waals surface area (Å²) in [5.74, 6) is 0.912. The van der Waals surface area contributed by atoms with Crippen LogP contribution in [0.4, 0.5) is 4.79 Å². The van der Waals surface area contributed by atoms with Crippen molar-refractivity contribution in [1.29, 1.82) is 0 Å². The molecule has 0 unspecified atom stereocenters. The van der Waals surface area contributed by atoms with Gasteiger partial charge in [-0.3, -0.25) is 14.6 Å². The number of hydrogen-bond acceptors (Lipinski definition) is 4. The van der Waals surface area contributed by atoms with Crippen LogP contribution in [0.2, 0.25) is 0 Å². The zero-order chi connectivity index (χ0) is 22.2. The fourth-order valence-corrected chi connectivity index (χ4v) is 6.44. The van der Waals surface area contributed by atoms with Crippen molar-refractivity contribution in [3.63, 3.8) is 0 Å². The molecule has 1 saturated heterocycles. The van der Waals surface area contributed by atoms with Crippen molar-refractivity contribution < 1.29 is 4.79 Å². The number of aromatic nitrogens is 3. The number of rotatable bonds is 4. The van der Waals surface area contributed by atoms with E-state index in [1.165, 1.54) is 45.1 Å². The van der Waals surface area contributed by atoms with Crippen molar-refractivity contribution >= 4 is 38.5 Å². The average molecular weight is 462 g/mol. The van der Waals surface area contributed by atoms with Gasteiger partial charge in [0.05, 0.1) is 21.4 Å². The van der Waals surface area contributed by atoms with Crippen LogP contribution < -0.4 is 0 Å². The second-order valence-electron chi connectivity index (χ2n) is 9.56. The highest BCUT2D eigenvalue weighted by molar-refractivity contribution is 7.17. The molecule has 4 aromatic rings. The summed E-state index contributed by atoms with van der Waals surface area (Å²) in [6, 6.07) is 12.3. The quantitative estimate of drug-likeness (QED) is 0.418. The number of amides is 1. The van der Waals surface area contributed by atoms with Gasteiger partial charge in [0.1, 0.15) is 5.69 Å². The minimum atomic E-state index is 0.0610. The van der Waals surface area contributed by atoms with Gasteiger partial charge in [-0.05, 0) is 42.5 Å². The van der Waals surface area contributed by atoms with E-state index in [0.29, 0.717) is 0 Å². The van der Waals surface area contributed by atoms with Crippen molar-refractivity contribution in [3.8, 4) is 11.4 Å². The van der Waals surface area contributed by atoms with Crippen LogP contribution in [0, 0.1) is 5.92 Å². The minimum Gasteiger partial charge on any atom is -0.321 e. The molecule has 1 aliphatic heterocycles. The molecule has 0 bridgehead atoms. The fourth-order valence-electron chi connectivity index (χ4n) is 5.60. The smallest absolute Gasteiger partial charge is 0.321 e. The van der Waals surface area contributed by atoms with Crippen LogP contribution in [0.3, 0.4) is 0 Å². The van der Waals surface area contributed by atoms with Gasteiger partial charge in [-0.2, -0.15) is 5.10 Å². The lowest BCUT2D eigenvalue weighted by molar-refractivity contribution is 0.133. The van der Waals surface area contributed by atoms with E-state index in [1.807, 2.05) is 33.7 Å². The molecule has 1 aliphatic carbocycles. The maximum atomic E-state index is 13.8. The fraction of sp³-hybridized carbons (Fsp3) is 0.462. The molecule has 172 valence electrons. The Morgan fingerprint density at radius 3 is 2.73 bits per heavy atom. The molecule has 33 heavy (non-hydrogen) atoms. The van der Waals surface area contributed by atoms with Crippen LogP contribution in [-0.2, 0) is 0 Å². The van der Waals surface area contributed by atoms with Crippen LogP contribution >= 0.6 is 11.3 Å². The molecule has 1 aromatic carbocycles. The highest BCUT2D eigenvalue weighted by atomic mass is 32.1. The molecule has 1 N–H and O–H groups in total. The third-order valence-electron chi connectivity index (χ3n) is 7.53. The molecule has 2 aliphatic rings. The second-order valence-corrected chi connectivity index (χ2v) is 10.5. The van der Waals surface area contributed by atoms with Crippen molar-refractivity contribution in [1.82, 2.24) is 24.6 Å². The third-order valence-corrected chi connectivity index (χ3v) is 8.46. The molecule has 1 amide bonds. The average Bonchev–Trinajstić information content (AvgIpc) is 3.57. The van der Waals surface area contributed by atoms with Crippen molar-refractivity contribution in [2.75, 3.05) is 32.7 Å². The normalized spacial score (nSPS) is 18.5. The number of H-pyrrole nitrogens is 1. The monoisotopic (exact) mass is 461 g/mol. The Labute approximate surface area is 198 Å². The van der Waals surface area contributed by atoms with E-state index in [2.05, 4.69) is 32.6 Å². The molecule has 4 heterocycles. The Kier molecular flexibility index (Phi) is 5.68. The van der Waals surface area contributed by atoms with Crippen molar-refractivity contribution in [2.24, 2.45) is 5.92 Å². The zero-order valence-corrected chi connectivity index (χ0v) is 19.8. The van der Waals surface area contributed by atoms with E-state index in [-0.39, 0.29) is 6.03 Å². The molecule has 7 heteroatoms. The molecule has 0 spiro atoms. The second kappa shape index (κ2) is 8.95. The number of nitrogens with zero attached hydrogens (tertiary/aromatic N) is 4. The molecule has 0 radical (unpaired) electrons. The van der Waals surface area contributed by atoms with E-state index < -0.39 is 0 Å². The van der Waals surface area contributed by atoms with Crippen molar-refractivity contribution in [3.05, 3.63) is 41.8 Å². The summed E-state index contributed by atoms with van der Waals surface area (Å²) in [5, 5.41) is 10.8. The number of thiophene rings is 1. The lowest BCUT2D eigenvalue weighted by atomic mass is 9.87. The number of benzene rings is 1. The van der Waals surface area contributed by atoms with Gasteiger partial charge in [0.15, 0.2) is 0 Å². The predicted octanol–water partition coefficient (Wildman–Crippen LogP) is 5.80. The maximum absolute atomic E-state index is 13.8. The van der Waals surface area contributed by atoms with E-state index in [1.54, 1.807) is 11.3 Å². The lowest BCUT2D eigenvalue weighted by Crippen LogP contribution is -2.50. The number of carbonyl (C=O) groups is 1. The Bertz CT molecular complexity index is 1260. The highest BCUT2D eigenvalue weighted by Crippen LogP contribution is 2.34. The Hall–Kier alpha value is -2.64. The van der Waals surface area contributed by atoms with Gasteiger partial charge in [-0.25, -0.2) is 4.79 Å². The summed E-state index contributed by atoms with van der Waals surface area (Å²) < 4.78 is 2.97. The van der Waals surface area contributed by atoms with Gasteiger partial charge >= 0.3 is 6.03 Å². The van der Waals surface area contributed by atoms with E-state index in [9.17, 15) is 4.79 Å². The molecule has 6 nitrogen and oxygen atoms in total. The molecule has 0 atom stereocenters. The minimum absolute atomic E-state index is 0.0610. The molecule has 6 rings (SSSR count). The SMILES string of the molecule is O=C(N1CCN(CCC2CCCCC2)CC1)n1c(-c2n[nH]c3ccsc23)cc2ccccc21. The molecular formula is C26H31N5OS. The van der Waals surface area contributed by atoms with Gasteiger partial charge in [-0.1, -0.05) is 50.3 Å². The summed E-state index contributed by atoms with van der Waals surface area (Å²) >= 11 is 1.66. The van der Waals surface area contributed by atoms with Crippen LogP contribution in [0.5, 0.6) is 0 Å². The number of aromatic amines is 1. The lowest BCUT2D eigenvalue weighted by Gasteiger charge is -2.36. The molecular weight excluding hydrogens is 430 g/mol. The standard InChI is InChI=1S/C26H31N5OS/c32-26(30-15-13-29(14-16-30)12-10-19-6-2-1-3-7-19)31-22-9-5-4-8-20(22)18-23(31)24-25-21(27-28-24)11-17-33-25/h4-5,8-9,11,17-19H,1-3,6-7,10,12-16H2,(H,27,28). The van der Waals surface area contributed by atoms with Gasteiger partial charge in [-0.15, -0.1) is 11.3 Å². The first-order valence-corrected chi connectivity index (χ1v) is 13.2. The summed E-state index contributed by atoms with van der Waals surface area (Å²) in [5.41, 5.74) is 3.70.